The van der Waals surface area contributed by atoms with Crippen molar-refractivity contribution >= 4 is 17.0 Å². The van der Waals surface area contributed by atoms with E-state index in [0.29, 0.717) is 17.5 Å². The van der Waals surface area contributed by atoms with E-state index in [2.05, 4.69) is 18.8 Å². The van der Waals surface area contributed by atoms with Gasteiger partial charge in [-0.25, -0.2) is 0 Å². The third-order valence-electron chi connectivity index (χ3n) is 3.63. The van der Waals surface area contributed by atoms with Crippen LogP contribution in [0.1, 0.15) is 30.8 Å². The Bertz CT molecular complexity index is 531. The minimum Gasteiger partial charge on any atom is -0.463 e. The van der Waals surface area contributed by atoms with Gasteiger partial charge in [0.2, 0.25) is 0 Å². The molecule has 1 saturated heterocycles. The Morgan fingerprint density at radius 1 is 1.39 bits per heavy atom. The molecule has 2 atom stereocenters. The number of H-pyrrole nitrogens is 1. The van der Waals surface area contributed by atoms with Crippen LogP contribution >= 0.6 is 0 Å². The first kappa shape index (κ1) is 11.4. The fourth-order valence-electron chi connectivity index (χ4n) is 2.96. The number of rotatable bonds is 1. The summed E-state index contributed by atoms with van der Waals surface area (Å²) < 4.78 is 5.28. The van der Waals surface area contributed by atoms with Crippen molar-refractivity contribution < 1.29 is 9.21 Å². The lowest BCUT2D eigenvalue weighted by Crippen LogP contribution is -2.42. The van der Waals surface area contributed by atoms with Gasteiger partial charge < -0.3 is 14.3 Å². The summed E-state index contributed by atoms with van der Waals surface area (Å²) in [6, 6.07) is 3.63. The molecule has 96 valence electrons. The van der Waals surface area contributed by atoms with Crippen LogP contribution in [0.4, 0.5) is 0 Å². The maximum absolute atomic E-state index is 12.4. The summed E-state index contributed by atoms with van der Waals surface area (Å²) in [5.41, 5.74) is 2.26. The standard InChI is InChI=1S/C14H18N2O2/c1-9-5-10(2)8-16(7-9)14(17)12-6-13-11(15-12)3-4-18-13/h3-4,6,9-10,15H,5,7-8H2,1-2H3. The first-order chi connectivity index (χ1) is 8.63. The number of aromatic nitrogens is 1. The van der Waals surface area contributed by atoms with E-state index in [-0.39, 0.29) is 5.91 Å². The molecular formula is C14H18N2O2. The quantitative estimate of drug-likeness (QED) is 0.841. The number of fused-ring (bicyclic) bond motifs is 1. The molecule has 1 aliphatic rings. The Kier molecular flexibility index (Phi) is 2.65. The molecule has 4 heteroatoms. The number of piperidine rings is 1. The van der Waals surface area contributed by atoms with Crippen molar-refractivity contribution in [3.05, 3.63) is 24.1 Å². The van der Waals surface area contributed by atoms with Crippen LogP contribution in [0.25, 0.3) is 11.1 Å². The molecule has 3 heterocycles. The highest BCUT2D eigenvalue weighted by atomic mass is 16.3. The molecule has 1 amide bonds. The Labute approximate surface area is 106 Å². The molecule has 2 unspecified atom stereocenters. The second-order valence-corrected chi connectivity index (χ2v) is 5.54. The second-order valence-electron chi connectivity index (χ2n) is 5.54. The molecule has 0 aromatic carbocycles. The molecule has 0 aliphatic carbocycles. The monoisotopic (exact) mass is 246 g/mol. The highest BCUT2D eigenvalue weighted by Crippen LogP contribution is 2.23. The number of nitrogens with one attached hydrogen (secondary N) is 1. The topological polar surface area (TPSA) is 49.2 Å². The number of carbonyl (C=O) groups excluding carboxylic acids is 1. The molecule has 2 aromatic rings. The summed E-state index contributed by atoms with van der Waals surface area (Å²) >= 11 is 0. The van der Waals surface area contributed by atoms with E-state index in [1.165, 1.54) is 6.42 Å². The molecule has 0 spiro atoms. The van der Waals surface area contributed by atoms with E-state index in [9.17, 15) is 4.79 Å². The SMILES string of the molecule is CC1CC(C)CN(C(=O)c2cc3occc3[nH]2)C1. The van der Waals surface area contributed by atoms with Crippen LogP contribution in [0, 0.1) is 11.8 Å². The molecule has 3 rings (SSSR count). The fraction of sp³-hybridized carbons (Fsp3) is 0.500. The van der Waals surface area contributed by atoms with Gasteiger partial charge in [-0.05, 0) is 18.3 Å². The van der Waals surface area contributed by atoms with E-state index in [0.717, 1.165) is 24.2 Å². The van der Waals surface area contributed by atoms with Crippen LogP contribution in [-0.4, -0.2) is 28.9 Å². The van der Waals surface area contributed by atoms with Crippen molar-refractivity contribution in [2.75, 3.05) is 13.1 Å². The summed E-state index contributed by atoms with van der Waals surface area (Å²) in [6.45, 7) is 6.11. The summed E-state index contributed by atoms with van der Waals surface area (Å²) in [7, 11) is 0. The number of furan rings is 1. The molecule has 1 fully saturated rings. The van der Waals surface area contributed by atoms with E-state index in [4.69, 9.17) is 4.42 Å². The molecular weight excluding hydrogens is 228 g/mol. The van der Waals surface area contributed by atoms with Gasteiger partial charge in [0, 0.05) is 25.2 Å². The molecule has 0 bridgehead atoms. The van der Waals surface area contributed by atoms with Crippen molar-refractivity contribution in [2.24, 2.45) is 11.8 Å². The number of likely N-dealkylation sites (tertiary alicyclic amines) is 1. The molecule has 0 radical (unpaired) electrons. The maximum atomic E-state index is 12.4. The van der Waals surface area contributed by atoms with Gasteiger partial charge in [0.05, 0.1) is 11.8 Å². The van der Waals surface area contributed by atoms with Crippen LogP contribution in [0.2, 0.25) is 0 Å². The lowest BCUT2D eigenvalue weighted by atomic mass is 9.92. The van der Waals surface area contributed by atoms with Crippen LogP contribution in [-0.2, 0) is 0 Å². The summed E-state index contributed by atoms with van der Waals surface area (Å²) in [6.07, 6.45) is 2.83. The number of carbonyl (C=O) groups is 1. The highest BCUT2D eigenvalue weighted by Gasteiger charge is 2.27. The Balaban J connectivity index is 1.83. The van der Waals surface area contributed by atoms with Gasteiger partial charge in [0.15, 0.2) is 5.58 Å². The minimum atomic E-state index is 0.0831. The van der Waals surface area contributed by atoms with Gasteiger partial charge >= 0.3 is 0 Å². The second kappa shape index (κ2) is 4.19. The van der Waals surface area contributed by atoms with E-state index >= 15 is 0 Å². The average molecular weight is 246 g/mol. The third kappa shape index (κ3) is 1.92. The van der Waals surface area contributed by atoms with Crippen molar-refractivity contribution in [3.63, 3.8) is 0 Å². The third-order valence-corrected chi connectivity index (χ3v) is 3.63. The van der Waals surface area contributed by atoms with Crippen LogP contribution in [0.3, 0.4) is 0 Å². The van der Waals surface area contributed by atoms with Crippen molar-refractivity contribution in [1.82, 2.24) is 9.88 Å². The van der Waals surface area contributed by atoms with E-state index in [1.807, 2.05) is 11.0 Å². The zero-order chi connectivity index (χ0) is 12.7. The van der Waals surface area contributed by atoms with Gasteiger partial charge in [-0.2, -0.15) is 0 Å². The van der Waals surface area contributed by atoms with Gasteiger partial charge in [0.1, 0.15) is 5.69 Å². The average Bonchev–Trinajstić information content (AvgIpc) is 2.86. The lowest BCUT2D eigenvalue weighted by molar-refractivity contribution is 0.0618. The number of amides is 1. The number of hydrogen-bond donors (Lipinski definition) is 1. The smallest absolute Gasteiger partial charge is 0.270 e. The van der Waals surface area contributed by atoms with Crippen molar-refractivity contribution in [2.45, 2.75) is 20.3 Å². The first-order valence-corrected chi connectivity index (χ1v) is 6.49. The maximum Gasteiger partial charge on any atom is 0.270 e. The summed E-state index contributed by atoms with van der Waals surface area (Å²) in [4.78, 5) is 17.5. The number of aromatic amines is 1. The zero-order valence-corrected chi connectivity index (χ0v) is 10.8. The van der Waals surface area contributed by atoms with Crippen LogP contribution in [0.5, 0.6) is 0 Å². The van der Waals surface area contributed by atoms with Gasteiger partial charge in [-0.1, -0.05) is 13.8 Å². The lowest BCUT2D eigenvalue weighted by Gasteiger charge is -2.34. The Morgan fingerprint density at radius 2 is 2.11 bits per heavy atom. The van der Waals surface area contributed by atoms with Crippen LogP contribution in [0.15, 0.2) is 22.8 Å². The van der Waals surface area contributed by atoms with Gasteiger partial charge in [0.25, 0.3) is 5.91 Å². The molecule has 1 N–H and O–H groups in total. The molecule has 2 aromatic heterocycles. The zero-order valence-electron chi connectivity index (χ0n) is 10.8. The van der Waals surface area contributed by atoms with E-state index in [1.54, 1.807) is 12.3 Å². The fourth-order valence-corrected chi connectivity index (χ4v) is 2.96. The predicted octanol–water partition coefficient (Wildman–Crippen LogP) is 2.88. The summed E-state index contributed by atoms with van der Waals surface area (Å²) in [5.74, 6) is 1.24. The largest absolute Gasteiger partial charge is 0.463 e. The Hall–Kier alpha value is -1.71. The molecule has 0 saturated carbocycles. The van der Waals surface area contributed by atoms with Gasteiger partial charge in [-0.3, -0.25) is 4.79 Å². The highest BCUT2D eigenvalue weighted by molar-refractivity contribution is 5.96. The predicted molar refractivity (Wildman–Crippen MR) is 69.4 cm³/mol. The Morgan fingerprint density at radius 3 is 2.78 bits per heavy atom. The molecule has 18 heavy (non-hydrogen) atoms. The molecule has 4 nitrogen and oxygen atoms in total. The normalized spacial score (nSPS) is 24.7. The number of nitrogens with zero attached hydrogens (tertiary/aromatic N) is 1. The van der Waals surface area contributed by atoms with Crippen molar-refractivity contribution in [1.29, 1.82) is 0 Å². The molecule has 1 aliphatic heterocycles. The first-order valence-electron chi connectivity index (χ1n) is 6.49. The van der Waals surface area contributed by atoms with Gasteiger partial charge in [-0.15, -0.1) is 0 Å². The minimum absolute atomic E-state index is 0.0831. The summed E-state index contributed by atoms with van der Waals surface area (Å²) in [5, 5.41) is 0. The van der Waals surface area contributed by atoms with Crippen molar-refractivity contribution in [3.8, 4) is 0 Å². The van der Waals surface area contributed by atoms with Crippen LogP contribution < -0.4 is 0 Å². The van der Waals surface area contributed by atoms with E-state index < -0.39 is 0 Å². The number of hydrogen-bond acceptors (Lipinski definition) is 2.